The van der Waals surface area contributed by atoms with Crippen molar-refractivity contribution in [2.75, 3.05) is 37.0 Å². The van der Waals surface area contributed by atoms with E-state index in [0.717, 1.165) is 49.2 Å². The molecule has 0 amide bonds. The molecule has 1 aliphatic heterocycles. The summed E-state index contributed by atoms with van der Waals surface area (Å²) in [4.78, 5) is 13.2. The lowest BCUT2D eigenvalue weighted by Crippen LogP contribution is -2.34. The van der Waals surface area contributed by atoms with Gasteiger partial charge in [0.25, 0.3) is 0 Å². The highest BCUT2D eigenvalue weighted by Gasteiger charge is 2.28. The van der Waals surface area contributed by atoms with E-state index in [0.29, 0.717) is 11.8 Å². The molecule has 8 nitrogen and oxygen atoms in total. The topological polar surface area (TPSA) is 75.3 Å². The summed E-state index contributed by atoms with van der Waals surface area (Å²) in [5.41, 5.74) is 2.03. The van der Waals surface area contributed by atoms with Crippen LogP contribution >= 0.6 is 0 Å². The SMILES string of the molecule is CN(C)c1nccc(N2CCC(c3nnc4ccc(C5CC5)nn34)CC2)n1. The van der Waals surface area contributed by atoms with E-state index in [1.54, 1.807) is 0 Å². The molecule has 0 bridgehead atoms. The highest BCUT2D eigenvalue weighted by molar-refractivity contribution is 5.44. The van der Waals surface area contributed by atoms with Crippen molar-refractivity contribution in [1.29, 1.82) is 0 Å². The van der Waals surface area contributed by atoms with Crippen LogP contribution in [0.3, 0.4) is 0 Å². The third kappa shape index (κ3) is 3.09. The Labute approximate surface area is 158 Å². The molecule has 140 valence electrons. The van der Waals surface area contributed by atoms with Crippen LogP contribution in [0.4, 0.5) is 11.8 Å². The van der Waals surface area contributed by atoms with Gasteiger partial charge in [0, 0.05) is 45.2 Å². The Morgan fingerprint density at radius 1 is 0.963 bits per heavy atom. The lowest BCUT2D eigenvalue weighted by atomic mass is 9.96. The largest absolute Gasteiger partial charge is 0.356 e. The van der Waals surface area contributed by atoms with Crippen molar-refractivity contribution in [3.05, 3.63) is 35.9 Å². The van der Waals surface area contributed by atoms with Gasteiger partial charge in [0.2, 0.25) is 5.95 Å². The third-order valence-electron chi connectivity index (χ3n) is 5.52. The molecular formula is C19H24N8. The van der Waals surface area contributed by atoms with E-state index in [2.05, 4.69) is 37.2 Å². The van der Waals surface area contributed by atoms with Crippen LogP contribution in [-0.2, 0) is 0 Å². The number of aromatic nitrogens is 6. The lowest BCUT2D eigenvalue weighted by Gasteiger charge is -2.32. The lowest BCUT2D eigenvalue weighted by molar-refractivity contribution is 0.474. The second kappa shape index (κ2) is 6.44. The van der Waals surface area contributed by atoms with Crippen LogP contribution in [-0.4, -0.2) is 57.0 Å². The van der Waals surface area contributed by atoms with Crippen LogP contribution in [0.25, 0.3) is 5.65 Å². The molecule has 0 N–H and O–H groups in total. The van der Waals surface area contributed by atoms with Gasteiger partial charge in [0.15, 0.2) is 11.5 Å². The summed E-state index contributed by atoms with van der Waals surface area (Å²) >= 11 is 0. The number of rotatable bonds is 4. The van der Waals surface area contributed by atoms with Crippen molar-refractivity contribution in [1.82, 2.24) is 29.8 Å². The number of anilines is 2. The molecule has 3 aromatic rings. The second-order valence-corrected chi connectivity index (χ2v) is 7.73. The zero-order valence-electron chi connectivity index (χ0n) is 15.8. The van der Waals surface area contributed by atoms with E-state index in [9.17, 15) is 0 Å². The molecule has 0 radical (unpaired) electrons. The van der Waals surface area contributed by atoms with Crippen molar-refractivity contribution in [3.63, 3.8) is 0 Å². The quantitative estimate of drug-likeness (QED) is 0.703. The smallest absolute Gasteiger partial charge is 0.226 e. The molecule has 4 heterocycles. The number of fused-ring (bicyclic) bond motifs is 1. The van der Waals surface area contributed by atoms with E-state index in [4.69, 9.17) is 5.10 Å². The van der Waals surface area contributed by atoms with Gasteiger partial charge >= 0.3 is 0 Å². The summed E-state index contributed by atoms with van der Waals surface area (Å²) in [7, 11) is 3.93. The first-order chi connectivity index (χ1) is 13.2. The van der Waals surface area contributed by atoms with E-state index < -0.39 is 0 Å². The first-order valence-corrected chi connectivity index (χ1v) is 9.66. The van der Waals surface area contributed by atoms with E-state index >= 15 is 0 Å². The molecule has 5 rings (SSSR count). The number of piperidine rings is 1. The maximum absolute atomic E-state index is 4.83. The summed E-state index contributed by atoms with van der Waals surface area (Å²) in [5, 5.41) is 13.6. The van der Waals surface area contributed by atoms with E-state index in [1.807, 2.05) is 35.8 Å². The second-order valence-electron chi connectivity index (χ2n) is 7.73. The molecule has 0 spiro atoms. The average molecular weight is 364 g/mol. The first kappa shape index (κ1) is 16.4. The van der Waals surface area contributed by atoms with Gasteiger partial charge in [0.05, 0.1) is 5.69 Å². The maximum Gasteiger partial charge on any atom is 0.226 e. The van der Waals surface area contributed by atoms with Gasteiger partial charge in [0.1, 0.15) is 5.82 Å². The Morgan fingerprint density at radius 2 is 1.78 bits per heavy atom. The van der Waals surface area contributed by atoms with E-state index in [-0.39, 0.29) is 0 Å². The zero-order valence-corrected chi connectivity index (χ0v) is 15.8. The van der Waals surface area contributed by atoms with Crippen molar-refractivity contribution in [3.8, 4) is 0 Å². The zero-order chi connectivity index (χ0) is 18.4. The van der Waals surface area contributed by atoms with Crippen LogP contribution in [0.2, 0.25) is 0 Å². The van der Waals surface area contributed by atoms with Crippen LogP contribution in [0.5, 0.6) is 0 Å². The van der Waals surface area contributed by atoms with Gasteiger partial charge in [-0.05, 0) is 43.9 Å². The standard InChI is InChI=1S/C19H24N8/c1-25(2)19-20-10-7-16(21-19)26-11-8-14(9-12-26)18-23-22-17-6-5-15(13-3-4-13)24-27(17)18/h5-7,10,13-14H,3-4,8-9,11-12H2,1-2H3. The molecule has 1 aliphatic carbocycles. The highest BCUT2D eigenvalue weighted by Crippen LogP contribution is 2.39. The predicted octanol–water partition coefficient (Wildman–Crippen LogP) is 2.24. The van der Waals surface area contributed by atoms with Gasteiger partial charge < -0.3 is 9.80 Å². The molecule has 2 aliphatic rings. The van der Waals surface area contributed by atoms with Gasteiger partial charge in [-0.2, -0.15) is 14.6 Å². The van der Waals surface area contributed by atoms with Gasteiger partial charge in [-0.25, -0.2) is 4.98 Å². The number of hydrogen-bond acceptors (Lipinski definition) is 7. The summed E-state index contributed by atoms with van der Waals surface area (Å²) in [6.45, 7) is 1.90. The van der Waals surface area contributed by atoms with Crippen molar-refractivity contribution < 1.29 is 0 Å². The molecule has 0 unspecified atom stereocenters. The van der Waals surface area contributed by atoms with E-state index in [1.165, 1.54) is 18.5 Å². The van der Waals surface area contributed by atoms with Crippen LogP contribution in [0.1, 0.15) is 49.0 Å². The minimum Gasteiger partial charge on any atom is -0.356 e. The van der Waals surface area contributed by atoms with Crippen LogP contribution < -0.4 is 9.80 Å². The summed E-state index contributed by atoms with van der Waals surface area (Å²) in [6, 6.07) is 6.14. The Hall–Kier alpha value is -2.77. The third-order valence-corrected chi connectivity index (χ3v) is 5.52. The fourth-order valence-electron chi connectivity index (χ4n) is 3.77. The Kier molecular flexibility index (Phi) is 3.91. The van der Waals surface area contributed by atoms with Crippen molar-refractivity contribution >= 4 is 17.4 Å². The molecule has 8 heteroatoms. The molecule has 0 aromatic carbocycles. The van der Waals surface area contributed by atoms with Crippen LogP contribution in [0, 0.1) is 0 Å². The molecule has 1 saturated carbocycles. The average Bonchev–Trinajstić information content (AvgIpc) is 3.47. The predicted molar refractivity (Wildman–Crippen MR) is 103 cm³/mol. The molecular weight excluding hydrogens is 340 g/mol. The minimum absolute atomic E-state index is 0.383. The Balaban J connectivity index is 1.34. The Morgan fingerprint density at radius 3 is 2.52 bits per heavy atom. The first-order valence-electron chi connectivity index (χ1n) is 9.66. The molecule has 1 saturated heterocycles. The van der Waals surface area contributed by atoms with Crippen LogP contribution in [0.15, 0.2) is 24.4 Å². The summed E-state index contributed by atoms with van der Waals surface area (Å²) < 4.78 is 1.98. The normalized spacial score (nSPS) is 18.2. The molecule has 2 fully saturated rings. The summed E-state index contributed by atoms with van der Waals surface area (Å²) in [5.74, 6) is 3.76. The van der Waals surface area contributed by atoms with Gasteiger partial charge in [-0.1, -0.05) is 0 Å². The monoisotopic (exact) mass is 364 g/mol. The molecule has 0 atom stereocenters. The number of hydrogen-bond donors (Lipinski definition) is 0. The Bertz CT molecular complexity index is 953. The fourth-order valence-corrected chi connectivity index (χ4v) is 3.77. The molecule has 3 aromatic heterocycles. The van der Waals surface area contributed by atoms with Crippen molar-refractivity contribution in [2.45, 2.75) is 37.5 Å². The fraction of sp³-hybridized carbons (Fsp3) is 0.526. The molecule has 27 heavy (non-hydrogen) atoms. The highest BCUT2D eigenvalue weighted by atomic mass is 15.4. The minimum atomic E-state index is 0.383. The maximum atomic E-state index is 4.83. The number of nitrogens with zero attached hydrogens (tertiary/aromatic N) is 8. The summed E-state index contributed by atoms with van der Waals surface area (Å²) in [6.07, 6.45) is 6.39. The van der Waals surface area contributed by atoms with Gasteiger partial charge in [-0.15, -0.1) is 10.2 Å². The van der Waals surface area contributed by atoms with Gasteiger partial charge in [-0.3, -0.25) is 0 Å². The van der Waals surface area contributed by atoms with Crippen molar-refractivity contribution in [2.24, 2.45) is 0 Å².